The maximum absolute atomic E-state index is 3.67. The SMILES string of the molecule is CN1CCC2(CC1)CNC[C@@H]1CCCN12. The number of hydrogen-bond acceptors (Lipinski definition) is 3. The quantitative estimate of drug-likeness (QED) is 0.627. The summed E-state index contributed by atoms with van der Waals surface area (Å²) in [6.07, 6.45) is 5.58. The molecule has 0 bridgehead atoms. The predicted octanol–water partition coefficient (Wildman–Crippen LogP) is 0.518. The molecule has 3 heteroatoms. The lowest BCUT2D eigenvalue weighted by Gasteiger charge is -2.52. The van der Waals surface area contributed by atoms with Crippen molar-refractivity contribution < 1.29 is 0 Å². The number of piperidine rings is 1. The molecule has 0 amide bonds. The van der Waals surface area contributed by atoms with E-state index in [0.717, 1.165) is 6.04 Å². The van der Waals surface area contributed by atoms with Gasteiger partial charge >= 0.3 is 0 Å². The topological polar surface area (TPSA) is 18.5 Å². The van der Waals surface area contributed by atoms with Crippen molar-refractivity contribution in [3.63, 3.8) is 0 Å². The molecule has 0 aromatic carbocycles. The van der Waals surface area contributed by atoms with Gasteiger partial charge in [0.25, 0.3) is 0 Å². The summed E-state index contributed by atoms with van der Waals surface area (Å²) in [5, 5.41) is 3.67. The van der Waals surface area contributed by atoms with E-state index in [9.17, 15) is 0 Å². The van der Waals surface area contributed by atoms with Gasteiger partial charge in [-0.3, -0.25) is 4.90 Å². The second-order valence-corrected chi connectivity index (χ2v) is 5.65. The van der Waals surface area contributed by atoms with Gasteiger partial charge in [-0.05, 0) is 52.4 Å². The molecule has 3 heterocycles. The Morgan fingerprint density at radius 3 is 2.80 bits per heavy atom. The summed E-state index contributed by atoms with van der Waals surface area (Å²) in [5.74, 6) is 0. The minimum atomic E-state index is 0.520. The van der Waals surface area contributed by atoms with Gasteiger partial charge in [-0.1, -0.05) is 0 Å². The van der Waals surface area contributed by atoms with Crippen LogP contribution in [0.2, 0.25) is 0 Å². The number of likely N-dealkylation sites (tertiary alicyclic amines) is 1. The molecule has 0 radical (unpaired) electrons. The van der Waals surface area contributed by atoms with Gasteiger partial charge in [-0.15, -0.1) is 0 Å². The summed E-state index contributed by atoms with van der Waals surface area (Å²) in [4.78, 5) is 5.32. The van der Waals surface area contributed by atoms with Gasteiger partial charge in [0, 0.05) is 24.7 Å². The van der Waals surface area contributed by atoms with Crippen LogP contribution in [0.15, 0.2) is 0 Å². The van der Waals surface area contributed by atoms with Crippen LogP contribution in [0.5, 0.6) is 0 Å². The van der Waals surface area contributed by atoms with E-state index in [1.165, 1.54) is 58.4 Å². The van der Waals surface area contributed by atoms with Gasteiger partial charge < -0.3 is 10.2 Å². The fourth-order valence-electron chi connectivity index (χ4n) is 3.74. The summed E-state index contributed by atoms with van der Waals surface area (Å²) in [7, 11) is 2.25. The predicted molar refractivity (Wildman–Crippen MR) is 62.1 cm³/mol. The number of nitrogens with zero attached hydrogens (tertiary/aromatic N) is 2. The Hall–Kier alpha value is -0.120. The van der Waals surface area contributed by atoms with Crippen molar-refractivity contribution in [1.29, 1.82) is 0 Å². The first-order chi connectivity index (χ1) is 7.30. The first kappa shape index (κ1) is 10.1. The van der Waals surface area contributed by atoms with Crippen molar-refractivity contribution >= 4 is 0 Å². The summed E-state index contributed by atoms with van der Waals surface area (Å²) < 4.78 is 0. The van der Waals surface area contributed by atoms with Crippen molar-refractivity contribution in [2.75, 3.05) is 39.8 Å². The zero-order chi connectivity index (χ0) is 10.3. The van der Waals surface area contributed by atoms with Gasteiger partial charge in [-0.25, -0.2) is 0 Å². The van der Waals surface area contributed by atoms with E-state index in [-0.39, 0.29) is 0 Å². The summed E-state index contributed by atoms with van der Waals surface area (Å²) in [5.41, 5.74) is 0.520. The minimum Gasteiger partial charge on any atom is -0.313 e. The van der Waals surface area contributed by atoms with E-state index in [1.807, 2.05) is 0 Å². The van der Waals surface area contributed by atoms with E-state index in [0.29, 0.717) is 5.54 Å². The van der Waals surface area contributed by atoms with E-state index in [2.05, 4.69) is 22.2 Å². The molecule has 0 aromatic rings. The smallest absolute Gasteiger partial charge is 0.0361 e. The zero-order valence-corrected chi connectivity index (χ0v) is 9.84. The van der Waals surface area contributed by atoms with Gasteiger partial charge in [0.05, 0.1) is 0 Å². The maximum atomic E-state index is 3.67. The van der Waals surface area contributed by atoms with E-state index in [1.54, 1.807) is 0 Å². The molecule has 0 aromatic heterocycles. The number of fused-ring (bicyclic) bond motifs is 2. The molecular formula is C12H23N3. The highest BCUT2D eigenvalue weighted by atomic mass is 15.3. The normalized spacial score (nSPS) is 37.0. The lowest BCUT2D eigenvalue weighted by Crippen LogP contribution is -2.66. The molecule has 0 aliphatic carbocycles. The lowest BCUT2D eigenvalue weighted by atomic mass is 9.83. The Kier molecular flexibility index (Phi) is 2.49. The Morgan fingerprint density at radius 2 is 2.00 bits per heavy atom. The molecule has 15 heavy (non-hydrogen) atoms. The molecule has 3 fully saturated rings. The Balaban J connectivity index is 1.77. The monoisotopic (exact) mass is 209 g/mol. The van der Waals surface area contributed by atoms with Gasteiger partial charge in [0.15, 0.2) is 0 Å². The van der Waals surface area contributed by atoms with Crippen LogP contribution in [0, 0.1) is 0 Å². The molecule has 3 nitrogen and oxygen atoms in total. The third kappa shape index (κ3) is 1.61. The highest BCUT2D eigenvalue weighted by Gasteiger charge is 2.46. The highest BCUT2D eigenvalue weighted by molar-refractivity contribution is 5.04. The average molecular weight is 209 g/mol. The van der Waals surface area contributed by atoms with E-state index in [4.69, 9.17) is 0 Å². The number of hydrogen-bond donors (Lipinski definition) is 1. The van der Waals surface area contributed by atoms with Crippen LogP contribution in [0.3, 0.4) is 0 Å². The van der Waals surface area contributed by atoms with E-state index >= 15 is 0 Å². The van der Waals surface area contributed by atoms with Crippen LogP contribution in [0.25, 0.3) is 0 Å². The van der Waals surface area contributed by atoms with Crippen LogP contribution in [-0.4, -0.2) is 61.2 Å². The average Bonchev–Trinajstić information content (AvgIpc) is 2.72. The van der Waals surface area contributed by atoms with Gasteiger partial charge in [0.2, 0.25) is 0 Å². The molecule has 1 N–H and O–H groups in total. The minimum absolute atomic E-state index is 0.520. The van der Waals surface area contributed by atoms with Gasteiger partial charge in [-0.2, -0.15) is 0 Å². The van der Waals surface area contributed by atoms with Crippen molar-refractivity contribution in [2.45, 2.75) is 37.3 Å². The zero-order valence-electron chi connectivity index (χ0n) is 9.84. The second kappa shape index (κ2) is 3.72. The van der Waals surface area contributed by atoms with Gasteiger partial charge in [0.1, 0.15) is 0 Å². The Morgan fingerprint density at radius 1 is 1.20 bits per heavy atom. The summed E-state index contributed by atoms with van der Waals surface area (Å²) >= 11 is 0. The van der Waals surface area contributed by atoms with Crippen molar-refractivity contribution in [3.8, 4) is 0 Å². The number of nitrogens with one attached hydrogen (secondary N) is 1. The largest absolute Gasteiger partial charge is 0.313 e. The Labute approximate surface area is 92.8 Å². The van der Waals surface area contributed by atoms with Crippen LogP contribution >= 0.6 is 0 Å². The van der Waals surface area contributed by atoms with E-state index < -0.39 is 0 Å². The molecule has 1 spiro atoms. The molecule has 1 atom stereocenters. The molecule has 3 aliphatic heterocycles. The van der Waals surface area contributed by atoms with Crippen LogP contribution in [-0.2, 0) is 0 Å². The maximum Gasteiger partial charge on any atom is 0.0361 e. The van der Waals surface area contributed by atoms with Crippen molar-refractivity contribution in [3.05, 3.63) is 0 Å². The van der Waals surface area contributed by atoms with Crippen molar-refractivity contribution in [2.24, 2.45) is 0 Å². The third-order valence-electron chi connectivity index (χ3n) is 4.74. The summed E-state index contributed by atoms with van der Waals surface area (Å²) in [6, 6.07) is 0.849. The molecule has 0 unspecified atom stereocenters. The molecular weight excluding hydrogens is 186 g/mol. The molecule has 0 saturated carbocycles. The molecule has 3 rings (SSSR count). The molecule has 3 aliphatic rings. The molecule has 3 saturated heterocycles. The fourth-order valence-corrected chi connectivity index (χ4v) is 3.74. The third-order valence-corrected chi connectivity index (χ3v) is 4.74. The first-order valence-electron chi connectivity index (χ1n) is 6.46. The summed E-state index contributed by atoms with van der Waals surface area (Å²) in [6.45, 7) is 6.39. The number of piperazine rings is 1. The fraction of sp³-hybridized carbons (Fsp3) is 1.00. The number of rotatable bonds is 0. The first-order valence-corrected chi connectivity index (χ1v) is 6.46. The van der Waals surface area contributed by atoms with Crippen LogP contribution < -0.4 is 5.32 Å². The highest BCUT2D eigenvalue weighted by Crippen LogP contribution is 2.36. The standard InChI is InChI=1S/C12H23N3/c1-14-7-4-12(5-8-14)10-13-9-11-3-2-6-15(11)12/h11,13H,2-10H2,1H3/t11-/m0/s1. The van der Waals surface area contributed by atoms with Crippen LogP contribution in [0.4, 0.5) is 0 Å². The van der Waals surface area contributed by atoms with Crippen molar-refractivity contribution in [1.82, 2.24) is 15.1 Å². The van der Waals surface area contributed by atoms with Crippen LogP contribution in [0.1, 0.15) is 25.7 Å². The Bertz CT molecular complexity index is 233. The lowest BCUT2D eigenvalue weighted by molar-refractivity contribution is -0.00408. The second-order valence-electron chi connectivity index (χ2n) is 5.65. The molecule has 86 valence electrons.